The number of aliphatic hydroxyl groups is 3. The van der Waals surface area contributed by atoms with E-state index in [1.807, 2.05) is 30.3 Å². The van der Waals surface area contributed by atoms with Crippen molar-refractivity contribution >= 4 is 17.0 Å². The molecule has 0 aliphatic carbocycles. The smallest absolute Gasteiger partial charge is 0.167 e. The van der Waals surface area contributed by atoms with Gasteiger partial charge in [0.25, 0.3) is 0 Å². The minimum absolute atomic E-state index is 0.0153. The van der Waals surface area contributed by atoms with Crippen LogP contribution in [0.1, 0.15) is 17.9 Å². The van der Waals surface area contributed by atoms with E-state index in [4.69, 9.17) is 15.2 Å². The first kappa shape index (κ1) is 18.7. The van der Waals surface area contributed by atoms with E-state index in [-0.39, 0.29) is 19.0 Å². The molecule has 1 aromatic carbocycles. The van der Waals surface area contributed by atoms with E-state index in [9.17, 15) is 15.3 Å². The Hall–Kier alpha value is -2.63. The van der Waals surface area contributed by atoms with Gasteiger partial charge in [0, 0.05) is 0 Å². The summed E-state index contributed by atoms with van der Waals surface area (Å²) in [6, 6.07) is 9.24. The molecular weight excluding hydrogens is 366 g/mol. The van der Waals surface area contributed by atoms with Gasteiger partial charge >= 0.3 is 0 Å². The zero-order valence-electron chi connectivity index (χ0n) is 14.9. The van der Waals surface area contributed by atoms with E-state index in [2.05, 4.69) is 15.0 Å². The molecule has 1 aliphatic rings. The lowest BCUT2D eigenvalue weighted by Crippen LogP contribution is -2.34. The lowest BCUT2D eigenvalue weighted by Gasteiger charge is -2.20. The molecule has 5 N–H and O–H groups in total. The Morgan fingerprint density at radius 2 is 1.93 bits per heavy atom. The molecule has 0 spiro atoms. The summed E-state index contributed by atoms with van der Waals surface area (Å²) in [5.74, 6) is 0.213. The van der Waals surface area contributed by atoms with Crippen molar-refractivity contribution < 1.29 is 24.8 Å². The number of nitrogens with two attached hydrogens (primary N) is 1. The predicted molar refractivity (Wildman–Crippen MR) is 97.9 cm³/mol. The number of nitrogens with zero attached hydrogens (tertiary/aromatic N) is 4. The number of hydrogen-bond acceptors (Lipinski definition) is 9. The summed E-state index contributed by atoms with van der Waals surface area (Å²) in [6.45, 7) is -0.236. The molecule has 0 radical (unpaired) electrons. The second-order valence-corrected chi connectivity index (χ2v) is 6.54. The minimum atomic E-state index is -1.22. The lowest BCUT2D eigenvalue weighted by atomic mass is 10.1. The SMILES string of the molecule is Nc1ncnc2c1ncn2[C@@H]1O[C@H](COC(CO)c2ccccc2)[C@@H](O)[C@H]1O. The minimum Gasteiger partial charge on any atom is -0.393 e. The van der Waals surface area contributed by atoms with Gasteiger partial charge in [-0.1, -0.05) is 30.3 Å². The molecule has 4 rings (SSSR count). The fraction of sp³-hybridized carbons (Fsp3) is 0.389. The summed E-state index contributed by atoms with van der Waals surface area (Å²) in [5, 5.41) is 30.5. The van der Waals surface area contributed by atoms with Crippen molar-refractivity contribution in [2.75, 3.05) is 18.9 Å². The van der Waals surface area contributed by atoms with Gasteiger partial charge in [0.1, 0.15) is 36.3 Å². The third kappa shape index (κ3) is 3.32. The second kappa shape index (κ2) is 7.78. The van der Waals surface area contributed by atoms with E-state index in [0.717, 1.165) is 5.56 Å². The molecule has 1 saturated heterocycles. The van der Waals surface area contributed by atoms with Crippen molar-refractivity contribution in [1.82, 2.24) is 19.5 Å². The molecule has 1 fully saturated rings. The number of aliphatic hydroxyl groups excluding tert-OH is 3. The van der Waals surface area contributed by atoms with Gasteiger partial charge in [-0.2, -0.15) is 0 Å². The van der Waals surface area contributed by atoms with Crippen LogP contribution >= 0.6 is 0 Å². The molecule has 0 amide bonds. The van der Waals surface area contributed by atoms with E-state index in [1.54, 1.807) is 0 Å². The summed E-state index contributed by atoms with van der Waals surface area (Å²) in [5.41, 5.74) is 7.37. The molecule has 0 saturated carbocycles. The first-order valence-corrected chi connectivity index (χ1v) is 8.82. The number of fused-ring (bicyclic) bond motifs is 1. The molecule has 28 heavy (non-hydrogen) atoms. The van der Waals surface area contributed by atoms with Gasteiger partial charge < -0.3 is 30.5 Å². The molecule has 0 bridgehead atoms. The highest BCUT2D eigenvalue weighted by atomic mass is 16.6. The first-order chi connectivity index (χ1) is 13.6. The van der Waals surface area contributed by atoms with Crippen molar-refractivity contribution in [3.8, 4) is 0 Å². The molecule has 1 unspecified atom stereocenters. The van der Waals surface area contributed by atoms with Crippen LogP contribution in [0.25, 0.3) is 11.2 Å². The highest BCUT2D eigenvalue weighted by molar-refractivity contribution is 5.81. The molecule has 148 valence electrons. The van der Waals surface area contributed by atoms with Crippen LogP contribution in [0.4, 0.5) is 5.82 Å². The van der Waals surface area contributed by atoms with Gasteiger partial charge in [-0.25, -0.2) is 15.0 Å². The van der Waals surface area contributed by atoms with Crippen LogP contribution in [0.5, 0.6) is 0 Å². The topological polar surface area (TPSA) is 149 Å². The van der Waals surface area contributed by atoms with Gasteiger partial charge in [0.05, 0.1) is 19.5 Å². The van der Waals surface area contributed by atoms with Crippen LogP contribution in [0.3, 0.4) is 0 Å². The number of ether oxygens (including phenoxy) is 2. The Morgan fingerprint density at radius 1 is 1.14 bits per heavy atom. The molecule has 3 aromatic rings. The average Bonchev–Trinajstić information content (AvgIpc) is 3.26. The van der Waals surface area contributed by atoms with Crippen molar-refractivity contribution in [2.24, 2.45) is 0 Å². The number of benzene rings is 1. The second-order valence-electron chi connectivity index (χ2n) is 6.54. The highest BCUT2D eigenvalue weighted by Crippen LogP contribution is 2.32. The summed E-state index contributed by atoms with van der Waals surface area (Å²) in [4.78, 5) is 12.2. The summed E-state index contributed by atoms with van der Waals surface area (Å²) in [7, 11) is 0. The Bertz CT molecular complexity index is 937. The number of rotatable bonds is 6. The molecular formula is C18H21N5O5. The van der Waals surface area contributed by atoms with Crippen molar-refractivity contribution in [2.45, 2.75) is 30.6 Å². The summed E-state index contributed by atoms with van der Waals surface area (Å²) >= 11 is 0. The number of imidazole rings is 1. The fourth-order valence-corrected chi connectivity index (χ4v) is 3.29. The van der Waals surface area contributed by atoms with E-state index in [1.165, 1.54) is 17.2 Å². The Labute approximate surface area is 160 Å². The maximum absolute atomic E-state index is 10.5. The maximum Gasteiger partial charge on any atom is 0.167 e. The van der Waals surface area contributed by atoms with E-state index < -0.39 is 30.6 Å². The quantitative estimate of drug-likeness (QED) is 0.450. The third-order valence-corrected chi connectivity index (χ3v) is 4.80. The van der Waals surface area contributed by atoms with Crippen LogP contribution in [-0.4, -0.2) is 66.4 Å². The number of aromatic nitrogens is 4. The van der Waals surface area contributed by atoms with Gasteiger partial charge in [-0.05, 0) is 5.56 Å². The lowest BCUT2D eigenvalue weighted by molar-refractivity contribution is -0.0896. The van der Waals surface area contributed by atoms with Crippen molar-refractivity contribution in [1.29, 1.82) is 0 Å². The molecule has 2 aromatic heterocycles. The standard InChI is InChI=1S/C18H21N5O5/c19-16-13-17(21-8-20-16)23(9-22-13)18-15(26)14(25)12(28-18)7-27-11(6-24)10-4-2-1-3-5-10/h1-5,8-9,11-12,14-15,18,24-26H,6-7H2,(H2,19,20,21)/t11?,12-,14-,15-,18-/m1/s1. The maximum atomic E-state index is 10.5. The monoisotopic (exact) mass is 387 g/mol. The van der Waals surface area contributed by atoms with Gasteiger partial charge in [-0.15, -0.1) is 0 Å². The van der Waals surface area contributed by atoms with Gasteiger partial charge in [0.15, 0.2) is 17.7 Å². The number of nitrogen functional groups attached to an aromatic ring is 1. The van der Waals surface area contributed by atoms with E-state index in [0.29, 0.717) is 11.2 Å². The molecule has 5 atom stereocenters. The van der Waals surface area contributed by atoms with Crippen molar-refractivity contribution in [3.63, 3.8) is 0 Å². The number of hydrogen-bond donors (Lipinski definition) is 4. The number of anilines is 1. The Kier molecular flexibility index (Phi) is 5.20. The summed E-state index contributed by atoms with van der Waals surface area (Å²) in [6.07, 6.45) is -1.94. The van der Waals surface area contributed by atoms with Gasteiger partial charge in [-0.3, -0.25) is 4.57 Å². The average molecular weight is 387 g/mol. The third-order valence-electron chi connectivity index (χ3n) is 4.80. The van der Waals surface area contributed by atoms with Crippen LogP contribution in [0.2, 0.25) is 0 Å². The first-order valence-electron chi connectivity index (χ1n) is 8.82. The highest BCUT2D eigenvalue weighted by Gasteiger charge is 2.44. The Balaban J connectivity index is 1.49. The molecule has 1 aliphatic heterocycles. The largest absolute Gasteiger partial charge is 0.393 e. The van der Waals surface area contributed by atoms with Crippen molar-refractivity contribution in [3.05, 3.63) is 48.5 Å². The van der Waals surface area contributed by atoms with E-state index >= 15 is 0 Å². The summed E-state index contributed by atoms with van der Waals surface area (Å²) < 4.78 is 13.1. The molecule has 10 nitrogen and oxygen atoms in total. The molecule has 3 heterocycles. The van der Waals surface area contributed by atoms with Crippen LogP contribution in [0.15, 0.2) is 43.0 Å². The Morgan fingerprint density at radius 3 is 2.68 bits per heavy atom. The molecule has 10 heteroatoms. The zero-order valence-corrected chi connectivity index (χ0v) is 14.9. The van der Waals surface area contributed by atoms with Crippen LogP contribution in [0, 0.1) is 0 Å². The fourth-order valence-electron chi connectivity index (χ4n) is 3.29. The zero-order chi connectivity index (χ0) is 19.7. The van der Waals surface area contributed by atoms with Crippen LogP contribution < -0.4 is 5.73 Å². The van der Waals surface area contributed by atoms with Crippen LogP contribution in [-0.2, 0) is 9.47 Å². The predicted octanol–water partition coefficient (Wildman–Crippen LogP) is -0.222. The van der Waals surface area contributed by atoms with Gasteiger partial charge in [0.2, 0.25) is 0 Å². The normalized spacial score (nSPS) is 26.0.